The monoisotopic (exact) mass is 459 g/mol. The van der Waals surface area contributed by atoms with Gasteiger partial charge in [0.2, 0.25) is 0 Å². The molecule has 4 rings (SSSR count). The van der Waals surface area contributed by atoms with Crippen molar-refractivity contribution >= 4 is 17.8 Å². The van der Waals surface area contributed by atoms with Crippen molar-refractivity contribution in [1.29, 1.82) is 0 Å². The molecule has 1 fully saturated rings. The van der Waals surface area contributed by atoms with Gasteiger partial charge in [-0.1, -0.05) is 42.8 Å². The Morgan fingerprint density at radius 3 is 2.82 bits per heavy atom. The van der Waals surface area contributed by atoms with Crippen molar-refractivity contribution in [2.24, 2.45) is 5.92 Å². The van der Waals surface area contributed by atoms with E-state index >= 15 is 0 Å². The van der Waals surface area contributed by atoms with Crippen LogP contribution in [0, 0.1) is 18.7 Å². The number of hydrogen-bond acceptors (Lipinski definition) is 3. The summed E-state index contributed by atoms with van der Waals surface area (Å²) in [7, 11) is 0. The number of amides is 2. The van der Waals surface area contributed by atoms with Crippen LogP contribution in [0.15, 0.2) is 72.4 Å². The van der Waals surface area contributed by atoms with Gasteiger partial charge in [-0.3, -0.25) is 4.98 Å². The molecule has 0 spiro atoms. The van der Waals surface area contributed by atoms with Gasteiger partial charge in [0.1, 0.15) is 11.6 Å². The predicted molar refractivity (Wildman–Crippen MR) is 133 cm³/mol. The van der Waals surface area contributed by atoms with Gasteiger partial charge in [-0.15, -0.1) is 0 Å². The number of benzene rings is 2. The van der Waals surface area contributed by atoms with Crippen LogP contribution in [0.1, 0.15) is 30.2 Å². The van der Waals surface area contributed by atoms with E-state index in [4.69, 9.17) is 4.74 Å². The minimum Gasteiger partial charge on any atom is -0.493 e. The molecule has 2 aromatic carbocycles. The maximum absolute atomic E-state index is 13.3. The van der Waals surface area contributed by atoms with Crippen molar-refractivity contribution in [2.45, 2.75) is 26.7 Å². The van der Waals surface area contributed by atoms with Gasteiger partial charge < -0.3 is 15.0 Å². The van der Waals surface area contributed by atoms with Crippen molar-refractivity contribution < 1.29 is 13.9 Å². The van der Waals surface area contributed by atoms with Gasteiger partial charge >= 0.3 is 6.03 Å². The minimum atomic E-state index is -0.226. The van der Waals surface area contributed by atoms with Crippen LogP contribution in [0.3, 0.4) is 0 Å². The third-order valence-corrected chi connectivity index (χ3v) is 6.01. The van der Waals surface area contributed by atoms with E-state index in [9.17, 15) is 9.18 Å². The fraction of sp³-hybridized carbons (Fsp3) is 0.286. The van der Waals surface area contributed by atoms with Crippen LogP contribution in [-0.4, -0.2) is 35.6 Å². The second kappa shape index (κ2) is 11.0. The highest BCUT2D eigenvalue weighted by Gasteiger charge is 2.24. The van der Waals surface area contributed by atoms with Crippen LogP contribution in [0.25, 0.3) is 6.08 Å². The normalized spacial score (nSPS) is 17.0. The number of nitrogens with one attached hydrogen (secondary N) is 1. The van der Waals surface area contributed by atoms with Gasteiger partial charge in [0.15, 0.2) is 0 Å². The molecule has 1 aliphatic rings. The zero-order valence-electron chi connectivity index (χ0n) is 19.6. The summed E-state index contributed by atoms with van der Waals surface area (Å²) in [5.41, 5.74) is 4.94. The molecule has 1 aliphatic heterocycles. The average molecular weight is 460 g/mol. The van der Waals surface area contributed by atoms with Gasteiger partial charge in [-0.25, -0.2) is 9.18 Å². The zero-order chi connectivity index (χ0) is 23.9. The van der Waals surface area contributed by atoms with E-state index in [-0.39, 0.29) is 17.8 Å². The lowest BCUT2D eigenvalue weighted by atomic mass is 9.91. The molecule has 0 aliphatic carbocycles. The van der Waals surface area contributed by atoms with Gasteiger partial charge in [-0.05, 0) is 66.8 Å². The smallest absolute Gasteiger partial charge is 0.321 e. The molecule has 1 saturated heterocycles. The molecule has 176 valence electrons. The Morgan fingerprint density at radius 2 is 2.06 bits per heavy atom. The molecule has 34 heavy (non-hydrogen) atoms. The molecule has 1 N–H and O–H groups in total. The van der Waals surface area contributed by atoms with Crippen LogP contribution < -0.4 is 10.1 Å². The number of anilines is 1. The highest BCUT2D eigenvalue weighted by atomic mass is 19.1. The topological polar surface area (TPSA) is 54.5 Å². The number of likely N-dealkylation sites (tertiary alicyclic amines) is 1. The molecule has 0 radical (unpaired) electrons. The van der Waals surface area contributed by atoms with Crippen LogP contribution in [0.5, 0.6) is 5.75 Å². The van der Waals surface area contributed by atoms with Crippen LogP contribution in [0.4, 0.5) is 14.9 Å². The fourth-order valence-electron chi connectivity index (χ4n) is 4.08. The Kier molecular flexibility index (Phi) is 7.58. The molecule has 3 aromatic rings. The number of halogens is 1. The standard InChI is InChI=1S/C28H30FN3O2/c1-20-19-32(28(33)31-26-10-9-21(2)30-18-26)13-11-24(20)15-23-6-4-8-27(17-23)34-14-12-22-5-3-7-25(29)16-22/h3-10,15-18,20H,11-14,19H2,1-2H3,(H,31,33)/b24-15+. The van der Waals surface area contributed by atoms with Crippen LogP contribution in [-0.2, 0) is 6.42 Å². The molecular weight excluding hydrogens is 429 g/mol. The summed E-state index contributed by atoms with van der Waals surface area (Å²) in [5, 5.41) is 2.93. The number of hydrogen-bond donors (Lipinski definition) is 1. The molecule has 2 amide bonds. The molecule has 0 bridgehead atoms. The first-order valence-electron chi connectivity index (χ1n) is 11.6. The summed E-state index contributed by atoms with van der Waals surface area (Å²) in [5.74, 6) is 0.825. The van der Waals surface area contributed by atoms with E-state index in [1.165, 1.54) is 17.7 Å². The van der Waals surface area contributed by atoms with Crippen molar-refractivity contribution in [3.63, 3.8) is 0 Å². The van der Waals surface area contributed by atoms with Gasteiger partial charge in [0.25, 0.3) is 0 Å². The molecule has 1 atom stereocenters. The highest BCUT2D eigenvalue weighted by molar-refractivity contribution is 5.89. The van der Waals surface area contributed by atoms with E-state index in [1.54, 1.807) is 12.3 Å². The molecule has 5 nitrogen and oxygen atoms in total. The number of ether oxygens (including phenoxy) is 1. The van der Waals surface area contributed by atoms with E-state index in [0.717, 1.165) is 29.0 Å². The summed E-state index contributed by atoms with van der Waals surface area (Å²) in [4.78, 5) is 18.7. The van der Waals surface area contributed by atoms with Crippen LogP contribution in [0.2, 0.25) is 0 Å². The fourth-order valence-corrected chi connectivity index (χ4v) is 4.08. The Labute approximate surface area is 200 Å². The Bertz CT molecular complexity index is 1160. The Hall–Kier alpha value is -3.67. The molecule has 6 heteroatoms. The molecular formula is C28H30FN3O2. The minimum absolute atomic E-state index is 0.0924. The molecule has 1 unspecified atom stereocenters. The average Bonchev–Trinajstić information content (AvgIpc) is 2.82. The van der Waals surface area contributed by atoms with E-state index in [2.05, 4.69) is 29.4 Å². The number of rotatable bonds is 6. The summed E-state index contributed by atoms with van der Waals surface area (Å²) < 4.78 is 19.2. The molecule has 0 saturated carbocycles. The molecule has 2 heterocycles. The highest BCUT2D eigenvalue weighted by Crippen LogP contribution is 2.26. The Balaban J connectivity index is 1.31. The number of nitrogens with zero attached hydrogens (tertiary/aromatic N) is 2. The number of carbonyl (C=O) groups excluding carboxylic acids is 1. The van der Waals surface area contributed by atoms with Gasteiger partial charge in [0.05, 0.1) is 18.5 Å². The predicted octanol–water partition coefficient (Wildman–Crippen LogP) is 6.11. The lowest BCUT2D eigenvalue weighted by Gasteiger charge is -2.33. The van der Waals surface area contributed by atoms with E-state index < -0.39 is 0 Å². The second-order valence-electron chi connectivity index (χ2n) is 8.74. The lowest BCUT2D eigenvalue weighted by molar-refractivity contribution is 0.198. The Morgan fingerprint density at radius 1 is 1.21 bits per heavy atom. The summed E-state index contributed by atoms with van der Waals surface area (Å²) >= 11 is 0. The number of pyridine rings is 1. The summed E-state index contributed by atoms with van der Waals surface area (Å²) in [6.45, 7) is 5.89. The van der Waals surface area contributed by atoms with Crippen molar-refractivity contribution in [1.82, 2.24) is 9.88 Å². The number of aryl methyl sites for hydroxylation is 1. The quantitative estimate of drug-likeness (QED) is 0.484. The first-order valence-corrected chi connectivity index (χ1v) is 11.6. The number of aromatic nitrogens is 1. The van der Waals surface area contributed by atoms with Crippen LogP contribution >= 0.6 is 0 Å². The van der Waals surface area contributed by atoms with Crippen molar-refractivity contribution in [3.8, 4) is 5.75 Å². The maximum atomic E-state index is 13.3. The van der Waals surface area contributed by atoms with E-state index in [1.807, 2.05) is 48.2 Å². The molecule has 1 aromatic heterocycles. The first kappa shape index (κ1) is 23.5. The zero-order valence-corrected chi connectivity index (χ0v) is 19.6. The van der Waals surface area contributed by atoms with Crippen molar-refractivity contribution in [2.75, 3.05) is 25.0 Å². The third-order valence-electron chi connectivity index (χ3n) is 6.01. The van der Waals surface area contributed by atoms with Crippen molar-refractivity contribution in [3.05, 3.63) is 95.1 Å². The first-order chi connectivity index (χ1) is 16.5. The second-order valence-corrected chi connectivity index (χ2v) is 8.74. The summed E-state index contributed by atoms with van der Waals surface area (Å²) in [6, 6.07) is 18.3. The maximum Gasteiger partial charge on any atom is 0.321 e. The number of carbonyl (C=O) groups is 1. The number of urea groups is 1. The largest absolute Gasteiger partial charge is 0.493 e. The SMILES string of the molecule is Cc1ccc(NC(=O)N2CC/C(=C\c3cccc(OCCc4cccc(F)c4)c3)C(C)C2)cn1. The van der Waals surface area contributed by atoms with Gasteiger partial charge in [0, 0.05) is 25.2 Å². The summed E-state index contributed by atoms with van der Waals surface area (Å²) in [6.07, 6.45) is 5.35. The van der Waals surface area contributed by atoms with Gasteiger partial charge in [-0.2, -0.15) is 0 Å². The van der Waals surface area contributed by atoms with E-state index in [0.29, 0.717) is 31.8 Å². The lowest BCUT2D eigenvalue weighted by Crippen LogP contribution is -2.42. The third kappa shape index (κ3) is 6.44. The number of piperidine rings is 1.